The van der Waals surface area contributed by atoms with E-state index in [0.29, 0.717) is 30.5 Å². The molecule has 1 aliphatic heterocycles. The molecule has 0 saturated carbocycles. The number of aliphatic hydroxyl groups is 2. The predicted octanol–water partition coefficient (Wildman–Crippen LogP) is -10.4. The number of hydrogen-bond acceptors (Lipinski definition) is 26. The largest absolute Gasteiger partial charge is 0.394 e. The second-order valence-electron chi connectivity index (χ2n) is 33.3. The lowest BCUT2D eigenvalue weighted by molar-refractivity contribution is -0.139. The van der Waals surface area contributed by atoms with Gasteiger partial charge in [0.1, 0.15) is 84.6 Å². The van der Waals surface area contributed by atoms with Crippen LogP contribution in [-0.4, -0.2) is 299 Å². The number of carbonyl (C=O) groups excluding carboxylic acids is 21. The molecule has 4 rings (SSSR count). The molecule has 744 valence electrons. The first-order valence-electron chi connectivity index (χ1n) is 44.0. The van der Waals surface area contributed by atoms with Gasteiger partial charge >= 0.3 is 0 Å². The van der Waals surface area contributed by atoms with Crippen LogP contribution in [-0.2, 0) is 120 Å². The van der Waals surface area contributed by atoms with E-state index in [1.807, 2.05) is 13.8 Å². The van der Waals surface area contributed by atoms with Gasteiger partial charge in [-0.1, -0.05) is 109 Å². The summed E-state index contributed by atoms with van der Waals surface area (Å²) < 4.78 is 0. The highest BCUT2D eigenvalue weighted by Crippen LogP contribution is 2.19. The minimum absolute atomic E-state index is 0.0546. The molecule has 2 heterocycles. The summed E-state index contributed by atoms with van der Waals surface area (Å²) in [6, 6.07) is -6.62. The molecule has 15 unspecified atom stereocenters. The van der Waals surface area contributed by atoms with Crippen LogP contribution >= 0.6 is 0 Å². The number of H-pyrrole nitrogens is 1. The van der Waals surface area contributed by atoms with E-state index in [4.69, 9.17) is 34.1 Å². The molecule has 3 aromatic rings. The fourth-order valence-electron chi connectivity index (χ4n) is 13.6. The zero-order valence-electron chi connectivity index (χ0n) is 76.8. The van der Waals surface area contributed by atoms with Crippen molar-refractivity contribution in [1.82, 2.24) is 111 Å². The Morgan fingerprint density at radius 1 is 0.444 bits per heavy atom. The molecule has 0 radical (unpaired) electrons. The highest BCUT2D eigenvalue weighted by molar-refractivity contribution is 6.03. The normalized spacial score (nSPS) is 15.3. The van der Waals surface area contributed by atoms with Crippen LogP contribution in [0.4, 0.5) is 0 Å². The number of benzene rings is 2. The molecule has 0 spiro atoms. The van der Waals surface area contributed by atoms with E-state index in [9.17, 15) is 111 Å². The Balaban J connectivity index is 1.49. The van der Waals surface area contributed by atoms with Gasteiger partial charge in [-0.05, 0) is 87.8 Å². The summed E-state index contributed by atoms with van der Waals surface area (Å²) in [5.74, 6) is -22.4. The number of rotatable bonds is 61. The van der Waals surface area contributed by atoms with Gasteiger partial charge in [-0.2, -0.15) is 0 Å². The molecule has 50 nitrogen and oxygen atoms in total. The first-order chi connectivity index (χ1) is 63.8. The highest BCUT2D eigenvalue weighted by Gasteiger charge is 2.40. The monoisotopic (exact) mass is 1900 g/mol. The summed E-state index contributed by atoms with van der Waals surface area (Å²) in [6.45, 7) is 8.30. The van der Waals surface area contributed by atoms with E-state index in [1.54, 1.807) is 88.4 Å². The quantitative estimate of drug-likeness (QED) is 0.0142. The van der Waals surface area contributed by atoms with Crippen molar-refractivity contribution in [3.8, 4) is 0 Å². The molecule has 1 aromatic heterocycles. The number of imidazole rings is 1. The fourth-order valence-corrected chi connectivity index (χ4v) is 13.6. The average Bonchev–Trinajstić information content (AvgIpc) is 1.74. The molecule has 50 heteroatoms. The van der Waals surface area contributed by atoms with E-state index >= 15 is 0 Å². The Bertz CT molecular complexity index is 4570. The summed E-state index contributed by atoms with van der Waals surface area (Å²) in [7, 11) is 1.48. The second-order valence-corrected chi connectivity index (χ2v) is 33.3. The fraction of sp³-hybridized carbons (Fsp3) is 0.565. The van der Waals surface area contributed by atoms with E-state index < -0.39 is 261 Å². The van der Waals surface area contributed by atoms with Gasteiger partial charge in [0, 0.05) is 51.5 Å². The summed E-state index contributed by atoms with van der Waals surface area (Å²) in [5, 5.41) is 72.4. The summed E-state index contributed by atoms with van der Waals surface area (Å²) >= 11 is 0. The zero-order valence-corrected chi connectivity index (χ0v) is 76.8. The number of carbonyl (C=O) groups is 21. The van der Waals surface area contributed by atoms with Crippen molar-refractivity contribution in [2.24, 2.45) is 46.4 Å². The van der Waals surface area contributed by atoms with Gasteiger partial charge in [0.05, 0.1) is 64.1 Å². The molecule has 0 aliphatic carbocycles. The van der Waals surface area contributed by atoms with Gasteiger partial charge in [-0.3, -0.25) is 106 Å². The number of likely N-dealkylation sites (N-methyl/N-ethyl adjacent to an activating group) is 1. The molecule has 2 aromatic carbocycles. The number of hydrogen-bond donors (Lipinski definition) is 27. The number of nitrogens with two attached hydrogens (primary N) is 5. The molecule has 135 heavy (non-hydrogen) atoms. The lowest BCUT2D eigenvalue weighted by Gasteiger charge is -2.27. The molecule has 0 bridgehead atoms. The summed E-state index contributed by atoms with van der Waals surface area (Å²) in [6.07, 6.45) is -0.401. The van der Waals surface area contributed by atoms with Crippen LogP contribution in [0.25, 0.3) is 0 Å². The summed E-state index contributed by atoms with van der Waals surface area (Å²) in [4.78, 5) is 294. The van der Waals surface area contributed by atoms with Crippen molar-refractivity contribution in [3.63, 3.8) is 0 Å². The number of likely N-dealkylation sites (tertiary alicyclic amines) is 1. The number of aromatic amines is 1. The van der Waals surface area contributed by atoms with E-state index in [1.165, 1.54) is 31.4 Å². The number of guanidine groups is 1. The minimum atomic E-state index is -2.09. The third-order valence-corrected chi connectivity index (χ3v) is 21.0. The van der Waals surface area contributed by atoms with Crippen molar-refractivity contribution in [2.75, 3.05) is 59.5 Å². The molecule has 32 N–H and O–H groups in total. The molecule has 1 saturated heterocycles. The van der Waals surface area contributed by atoms with Crippen LogP contribution < -0.4 is 124 Å². The maximum absolute atomic E-state index is 14.6. The van der Waals surface area contributed by atoms with E-state index in [-0.39, 0.29) is 100 Å². The standard InChI is InChI=1S/C85H131N27O23/c1-9-46(6)36-95-84(135)63-23-17-27-112(63)70(121)40-97-73(124)55(30-48-18-12-10-13-19-48)106-80(131)59(34-66(88)117)108-81(132)60(35-67(89)118)109-82(133)61(41-113)111-83(134)62(42-114)110-78(129)57(32-50-37-93-43-98-50)101-69(120)39-96-72(123)53(28-44(2)3)104-77(128)56(31-49-20-14-11-15-21-49)107-79(130)58(33-65(87)116)103-71(122)47(7)99-76(127)54(29-45(4)5)105-74(125)51(22-16-26-94-85(90)91)102-75(126)52(24-25-64(86)115)100-68(119)38-92-8/h10-15,18-21,37,43-47,51-63,92,113-114H,9,16-17,22-36,38-42H2,1-8H3,(H2,86,115)(H2,87,116)(H2,88,117)(H2,89,118)(H,93,98)(H,95,135)(H,96,123)(H,97,124)(H,99,127)(H,100,119)(H,101,120)(H,102,126)(H,103,122)(H,104,128)(H,105,125)(H,106,131)(H,107,130)(H,108,132)(H,109,133)(H,110,129)(H,111,134)(H4,90,91,94). The topological polar surface area (TPSA) is 801 Å². The van der Waals surface area contributed by atoms with Gasteiger partial charge < -0.3 is 144 Å². The maximum atomic E-state index is 14.6. The minimum Gasteiger partial charge on any atom is -0.394 e. The zero-order chi connectivity index (χ0) is 101. The van der Waals surface area contributed by atoms with Crippen molar-refractivity contribution in [2.45, 2.75) is 229 Å². The predicted molar refractivity (Wildman–Crippen MR) is 483 cm³/mol. The van der Waals surface area contributed by atoms with Crippen LogP contribution in [0.3, 0.4) is 0 Å². The maximum Gasteiger partial charge on any atom is 0.245 e. The number of aromatic nitrogens is 2. The van der Waals surface area contributed by atoms with E-state index in [2.05, 4.69) is 106 Å². The first-order valence-corrected chi connectivity index (χ1v) is 44.0. The Morgan fingerprint density at radius 3 is 1.29 bits per heavy atom. The van der Waals surface area contributed by atoms with Crippen molar-refractivity contribution in [3.05, 3.63) is 90.0 Å². The molecular weight excluding hydrogens is 1770 g/mol. The SMILES string of the molecule is CCC(C)CNC(=O)C1CCCN1C(=O)CNC(=O)C(Cc1ccccc1)NC(=O)C(CC(N)=O)NC(=O)C(CC(N)=O)NC(=O)C(CO)NC(=O)C(CO)NC(=O)C(Cc1c[nH]cn1)NC(=O)CNC(=O)C(CC(C)C)NC(=O)C(Cc1ccccc1)NC(=O)C(CC(N)=O)NC(=O)C(C)NC(=O)C(CC(C)C)NC(=O)C(CCCNC(=N)N)NC(=O)C(CCC(N)=O)NC(=O)CNC. The van der Waals surface area contributed by atoms with Gasteiger partial charge in [-0.15, -0.1) is 0 Å². The van der Waals surface area contributed by atoms with Crippen LogP contribution in [0.1, 0.15) is 142 Å². The number of nitrogens with one attached hydrogen (secondary N) is 20. The van der Waals surface area contributed by atoms with Crippen LogP contribution in [0.5, 0.6) is 0 Å². The van der Waals surface area contributed by atoms with Crippen LogP contribution in [0.2, 0.25) is 0 Å². The number of primary amides is 4. The van der Waals surface area contributed by atoms with E-state index in [0.717, 1.165) is 6.42 Å². The van der Waals surface area contributed by atoms with Crippen molar-refractivity contribution < 1.29 is 111 Å². The number of aliphatic hydroxyl groups excluding tert-OH is 2. The second kappa shape index (κ2) is 58.5. The first kappa shape index (κ1) is 113. The van der Waals surface area contributed by atoms with Crippen LogP contribution in [0, 0.1) is 23.2 Å². The van der Waals surface area contributed by atoms with Crippen molar-refractivity contribution in [1.29, 1.82) is 5.41 Å². The molecular formula is C85H131N27O23. The Hall–Kier alpha value is -14.3. The smallest absolute Gasteiger partial charge is 0.245 e. The lowest BCUT2D eigenvalue weighted by Crippen LogP contribution is -2.61. The molecule has 15 atom stereocenters. The third kappa shape index (κ3) is 42.0. The van der Waals surface area contributed by atoms with Gasteiger partial charge in [-0.25, -0.2) is 4.98 Å². The number of amides is 21. The highest BCUT2D eigenvalue weighted by atomic mass is 16.3. The van der Waals surface area contributed by atoms with Gasteiger partial charge in [0.25, 0.3) is 0 Å². The molecule has 1 fully saturated rings. The Labute approximate surface area is 779 Å². The lowest BCUT2D eigenvalue weighted by atomic mass is 10.0. The Kier molecular flexibility index (Phi) is 49.0. The number of nitrogens with zero attached hydrogens (tertiary/aromatic N) is 2. The Morgan fingerprint density at radius 2 is 0.837 bits per heavy atom. The van der Waals surface area contributed by atoms with Crippen LogP contribution in [0.15, 0.2) is 73.2 Å². The summed E-state index contributed by atoms with van der Waals surface area (Å²) in [5.41, 5.74) is 28.4. The average molecular weight is 1900 g/mol. The van der Waals surface area contributed by atoms with Gasteiger partial charge in [0.2, 0.25) is 124 Å². The van der Waals surface area contributed by atoms with Crippen molar-refractivity contribution >= 4 is 130 Å². The molecule has 21 amide bonds. The van der Waals surface area contributed by atoms with Gasteiger partial charge in [0.15, 0.2) is 5.96 Å². The third-order valence-electron chi connectivity index (χ3n) is 21.0. The molecule has 1 aliphatic rings.